The molecule has 1 aromatic carbocycles. The van der Waals surface area contributed by atoms with E-state index in [0.29, 0.717) is 11.3 Å². The Morgan fingerprint density at radius 1 is 1.18 bits per heavy atom. The van der Waals surface area contributed by atoms with Gasteiger partial charge in [0.2, 0.25) is 12.2 Å². The zero-order valence-corrected chi connectivity index (χ0v) is 20.1. The van der Waals surface area contributed by atoms with Gasteiger partial charge >= 0.3 is 0 Å². The number of benzene rings is 1. The lowest BCUT2D eigenvalue weighted by Crippen LogP contribution is -2.47. The SMILES string of the molecule is C=C1N(c2cc(OC(C)F)ncc2F)c2cc(F)c(C(=O)CC3(C)CS(=O)(=O)C3)cc2C1(C)C. The summed E-state index contributed by atoms with van der Waals surface area (Å²) in [6.45, 7) is 10.5. The number of fused-ring (bicyclic) bond motifs is 1. The predicted octanol–water partition coefficient (Wildman–Crippen LogP) is 5.00. The summed E-state index contributed by atoms with van der Waals surface area (Å²) >= 11 is 0. The summed E-state index contributed by atoms with van der Waals surface area (Å²) in [4.78, 5) is 18.1. The third kappa shape index (κ3) is 4.08. The van der Waals surface area contributed by atoms with E-state index in [-0.39, 0.29) is 40.7 Å². The largest absolute Gasteiger partial charge is 0.444 e. The molecule has 0 bridgehead atoms. The smallest absolute Gasteiger partial charge is 0.237 e. The van der Waals surface area contributed by atoms with E-state index in [1.165, 1.54) is 17.0 Å². The Bertz CT molecular complexity index is 1310. The number of allylic oxidation sites excluding steroid dienone is 1. The number of hydrogen-bond acceptors (Lipinski definition) is 6. The van der Waals surface area contributed by atoms with Crippen LogP contribution in [-0.2, 0) is 15.3 Å². The highest BCUT2D eigenvalue weighted by atomic mass is 32.2. The number of Topliss-reactive ketones (excluding diaryl/α,β-unsaturated/α-hetero) is 1. The monoisotopic (exact) mass is 494 g/mol. The minimum atomic E-state index is -3.15. The van der Waals surface area contributed by atoms with E-state index in [4.69, 9.17) is 4.74 Å². The molecule has 0 spiro atoms. The van der Waals surface area contributed by atoms with Crippen LogP contribution in [0, 0.1) is 17.0 Å². The minimum absolute atomic E-state index is 0.0480. The number of ketones is 1. The van der Waals surface area contributed by atoms with Crippen LogP contribution < -0.4 is 9.64 Å². The number of ether oxygens (including phenoxy) is 1. The van der Waals surface area contributed by atoms with Gasteiger partial charge in [0.1, 0.15) is 5.82 Å². The number of aromatic nitrogens is 1. The standard InChI is InChI=1S/C24H25F3N2O4S/c1-13-23(3,4)16-6-15(21(30)9-24(5)11-34(31,32)12-24)17(26)7-19(16)29(13)20-8-22(33-14(2)25)28-10-18(20)27/h6-8,10,14H,1,9,11-12H2,2-5H3. The van der Waals surface area contributed by atoms with Gasteiger partial charge in [-0.1, -0.05) is 27.4 Å². The van der Waals surface area contributed by atoms with Gasteiger partial charge in [0.15, 0.2) is 21.4 Å². The number of nitrogens with zero attached hydrogens (tertiary/aromatic N) is 2. The molecule has 2 aromatic rings. The van der Waals surface area contributed by atoms with Gasteiger partial charge in [-0.05, 0) is 17.7 Å². The summed E-state index contributed by atoms with van der Waals surface area (Å²) in [7, 11) is -3.15. The molecule has 1 atom stereocenters. The molecule has 34 heavy (non-hydrogen) atoms. The number of halogens is 3. The molecular weight excluding hydrogens is 469 g/mol. The molecule has 3 heterocycles. The highest BCUT2D eigenvalue weighted by molar-refractivity contribution is 7.92. The number of carbonyl (C=O) groups is 1. The Kier molecular flexibility index (Phi) is 5.58. The second kappa shape index (κ2) is 7.83. The fraction of sp³-hybridized carbons (Fsp3) is 0.417. The molecule has 2 aliphatic heterocycles. The van der Waals surface area contributed by atoms with Gasteiger partial charge < -0.3 is 9.64 Å². The van der Waals surface area contributed by atoms with Crippen molar-refractivity contribution in [2.24, 2.45) is 5.41 Å². The molecule has 1 aromatic heterocycles. The molecule has 1 saturated heterocycles. The number of hydrogen-bond donors (Lipinski definition) is 0. The van der Waals surface area contributed by atoms with Gasteiger partial charge in [-0.25, -0.2) is 26.6 Å². The van der Waals surface area contributed by atoms with Crippen LogP contribution in [0.1, 0.15) is 50.0 Å². The number of rotatable bonds is 6. The molecule has 182 valence electrons. The van der Waals surface area contributed by atoms with Gasteiger partial charge in [0.25, 0.3) is 0 Å². The molecule has 1 fully saturated rings. The normalized spacial score (nSPS) is 20.4. The van der Waals surface area contributed by atoms with Crippen molar-refractivity contribution >= 4 is 27.0 Å². The maximum absolute atomic E-state index is 15.2. The maximum atomic E-state index is 15.2. The first-order valence-corrected chi connectivity index (χ1v) is 12.5. The third-order valence-electron chi connectivity index (χ3n) is 6.35. The number of alkyl halides is 1. The summed E-state index contributed by atoms with van der Waals surface area (Å²) in [6, 6.07) is 3.77. The van der Waals surface area contributed by atoms with E-state index in [2.05, 4.69) is 11.6 Å². The molecule has 6 nitrogen and oxygen atoms in total. The van der Waals surface area contributed by atoms with Gasteiger partial charge in [-0.2, -0.15) is 0 Å². The molecule has 10 heteroatoms. The lowest BCUT2D eigenvalue weighted by atomic mass is 9.81. The molecule has 0 radical (unpaired) electrons. The third-order valence-corrected chi connectivity index (χ3v) is 8.62. The lowest BCUT2D eigenvalue weighted by Gasteiger charge is -2.37. The predicted molar refractivity (Wildman–Crippen MR) is 122 cm³/mol. The molecule has 1 unspecified atom stereocenters. The van der Waals surface area contributed by atoms with Crippen molar-refractivity contribution in [3.05, 3.63) is 59.4 Å². The second-order valence-electron chi connectivity index (χ2n) is 9.83. The zero-order valence-electron chi connectivity index (χ0n) is 19.3. The summed E-state index contributed by atoms with van der Waals surface area (Å²) in [6.07, 6.45) is -0.893. The van der Waals surface area contributed by atoms with Crippen LogP contribution in [0.25, 0.3) is 0 Å². The quantitative estimate of drug-likeness (QED) is 0.526. The van der Waals surface area contributed by atoms with E-state index in [1.807, 2.05) is 0 Å². The first-order chi connectivity index (χ1) is 15.6. The topological polar surface area (TPSA) is 76.6 Å². The van der Waals surface area contributed by atoms with Crippen LogP contribution in [0.4, 0.5) is 24.5 Å². The average Bonchev–Trinajstić information content (AvgIpc) is 2.86. The molecule has 4 rings (SSSR count). The highest BCUT2D eigenvalue weighted by Crippen LogP contribution is 2.52. The van der Waals surface area contributed by atoms with E-state index >= 15 is 4.39 Å². The number of sulfone groups is 1. The molecule has 2 aliphatic rings. The minimum Gasteiger partial charge on any atom is -0.444 e. The van der Waals surface area contributed by atoms with Crippen LogP contribution in [-0.4, -0.2) is 37.0 Å². The van der Waals surface area contributed by atoms with E-state index in [9.17, 15) is 22.0 Å². The molecule has 0 aliphatic carbocycles. The average molecular weight is 495 g/mol. The van der Waals surface area contributed by atoms with Crippen molar-refractivity contribution in [1.82, 2.24) is 4.98 Å². The fourth-order valence-corrected chi connectivity index (χ4v) is 6.98. The van der Waals surface area contributed by atoms with E-state index < -0.39 is 44.4 Å². The first-order valence-electron chi connectivity index (χ1n) is 10.7. The highest BCUT2D eigenvalue weighted by Gasteiger charge is 2.47. The second-order valence-corrected chi connectivity index (χ2v) is 11.9. The summed E-state index contributed by atoms with van der Waals surface area (Å²) in [5, 5.41) is 0. The van der Waals surface area contributed by atoms with Crippen LogP contribution in [0.2, 0.25) is 0 Å². The Morgan fingerprint density at radius 2 is 1.82 bits per heavy atom. The van der Waals surface area contributed by atoms with Gasteiger partial charge in [-0.15, -0.1) is 0 Å². The fourth-order valence-electron chi connectivity index (χ4n) is 4.73. The number of anilines is 2. The van der Waals surface area contributed by atoms with Crippen molar-refractivity contribution in [1.29, 1.82) is 0 Å². The van der Waals surface area contributed by atoms with Crippen LogP contribution >= 0.6 is 0 Å². The zero-order chi connectivity index (χ0) is 25.2. The Labute approximate surface area is 196 Å². The molecule has 0 amide bonds. The molecule has 0 N–H and O–H groups in total. The van der Waals surface area contributed by atoms with Crippen molar-refractivity contribution in [2.45, 2.75) is 45.9 Å². The maximum Gasteiger partial charge on any atom is 0.237 e. The van der Waals surface area contributed by atoms with Crippen molar-refractivity contribution in [3.63, 3.8) is 0 Å². The number of pyridine rings is 1. The Hall–Kier alpha value is -2.88. The van der Waals surface area contributed by atoms with Crippen molar-refractivity contribution in [3.8, 4) is 5.88 Å². The number of carbonyl (C=O) groups excluding carboxylic acids is 1. The van der Waals surface area contributed by atoms with Gasteiger partial charge in [0.05, 0.1) is 34.6 Å². The van der Waals surface area contributed by atoms with Crippen LogP contribution in [0.3, 0.4) is 0 Å². The summed E-state index contributed by atoms with van der Waals surface area (Å²) in [5.41, 5.74) is -0.488. The lowest BCUT2D eigenvalue weighted by molar-refractivity contribution is 0.0808. The molecular formula is C24H25F3N2O4S. The van der Waals surface area contributed by atoms with Crippen LogP contribution in [0.15, 0.2) is 36.7 Å². The van der Waals surface area contributed by atoms with Crippen molar-refractivity contribution < 1.29 is 31.1 Å². The summed E-state index contributed by atoms with van der Waals surface area (Å²) in [5.74, 6) is -2.44. The van der Waals surface area contributed by atoms with E-state index in [1.54, 1.807) is 20.8 Å². The van der Waals surface area contributed by atoms with Gasteiger partial charge in [-0.3, -0.25) is 4.79 Å². The Morgan fingerprint density at radius 3 is 2.41 bits per heavy atom. The van der Waals surface area contributed by atoms with Gasteiger partial charge in [0, 0.05) is 35.9 Å². The molecule has 0 saturated carbocycles. The first kappa shape index (κ1) is 24.3. The summed E-state index contributed by atoms with van der Waals surface area (Å²) < 4.78 is 71.4. The van der Waals surface area contributed by atoms with E-state index in [0.717, 1.165) is 19.2 Å². The van der Waals surface area contributed by atoms with Crippen molar-refractivity contribution in [2.75, 3.05) is 16.4 Å². The Balaban J connectivity index is 1.75. The van der Waals surface area contributed by atoms with Crippen LogP contribution in [0.5, 0.6) is 5.88 Å².